The largest absolute Gasteiger partial charge is 0.478 e. The number of piperidine rings is 1. The Labute approximate surface area is 191 Å². The number of fused-ring (bicyclic) bond motifs is 1. The second-order valence-corrected chi connectivity index (χ2v) is 8.44. The van der Waals surface area contributed by atoms with Gasteiger partial charge in [-0.15, -0.1) is 0 Å². The zero-order chi connectivity index (χ0) is 22.8. The van der Waals surface area contributed by atoms with E-state index in [1.165, 1.54) is 37.0 Å². The van der Waals surface area contributed by atoms with Gasteiger partial charge in [0.05, 0.1) is 29.4 Å². The summed E-state index contributed by atoms with van der Waals surface area (Å²) in [5.41, 5.74) is 4.97. The number of anilines is 2. The minimum Gasteiger partial charge on any atom is -0.478 e. The van der Waals surface area contributed by atoms with Crippen LogP contribution in [0.2, 0.25) is 0 Å². The van der Waals surface area contributed by atoms with Crippen molar-refractivity contribution in [3.63, 3.8) is 0 Å². The Morgan fingerprint density at radius 2 is 1.82 bits per heavy atom. The molecular formula is C26H25N3O4. The molecule has 33 heavy (non-hydrogen) atoms. The van der Waals surface area contributed by atoms with Crippen LogP contribution in [0.15, 0.2) is 65.5 Å². The number of rotatable bonds is 6. The van der Waals surface area contributed by atoms with Gasteiger partial charge in [0.2, 0.25) is 0 Å². The van der Waals surface area contributed by atoms with Gasteiger partial charge in [-0.3, -0.25) is 9.69 Å². The quantitative estimate of drug-likeness (QED) is 0.469. The van der Waals surface area contributed by atoms with Crippen LogP contribution in [0.1, 0.15) is 46.3 Å². The molecule has 0 atom stereocenters. The molecule has 0 spiro atoms. The van der Waals surface area contributed by atoms with Crippen LogP contribution in [0.25, 0.3) is 11.3 Å². The van der Waals surface area contributed by atoms with E-state index in [9.17, 15) is 14.7 Å². The molecule has 3 heterocycles. The molecule has 0 bridgehead atoms. The van der Waals surface area contributed by atoms with E-state index in [0.29, 0.717) is 28.1 Å². The number of amides is 1. The molecule has 2 aromatic carbocycles. The molecule has 0 radical (unpaired) electrons. The zero-order valence-electron chi connectivity index (χ0n) is 18.1. The first-order chi connectivity index (χ1) is 16.1. The first-order valence-electron chi connectivity index (χ1n) is 11.1. The molecule has 0 unspecified atom stereocenters. The number of carbonyl (C=O) groups is 2. The lowest BCUT2D eigenvalue weighted by Gasteiger charge is -2.26. The predicted octanol–water partition coefficient (Wildman–Crippen LogP) is 4.90. The Morgan fingerprint density at radius 3 is 2.52 bits per heavy atom. The van der Waals surface area contributed by atoms with Crippen molar-refractivity contribution in [3.05, 3.63) is 83.3 Å². The highest BCUT2D eigenvalue weighted by atomic mass is 16.4. The van der Waals surface area contributed by atoms with Crippen molar-refractivity contribution in [3.8, 4) is 0 Å². The van der Waals surface area contributed by atoms with Crippen LogP contribution in [0.3, 0.4) is 0 Å². The van der Waals surface area contributed by atoms with E-state index < -0.39 is 5.97 Å². The highest BCUT2D eigenvalue weighted by Crippen LogP contribution is 2.38. The number of carboxylic acids is 1. The molecule has 2 aliphatic heterocycles. The Morgan fingerprint density at radius 1 is 1.03 bits per heavy atom. The van der Waals surface area contributed by atoms with Crippen molar-refractivity contribution in [1.29, 1.82) is 0 Å². The number of furan rings is 1. The molecular weight excluding hydrogens is 418 g/mol. The van der Waals surface area contributed by atoms with Crippen molar-refractivity contribution in [2.45, 2.75) is 25.8 Å². The van der Waals surface area contributed by atoms with Gasteiger partial charge in [-0.2, -0.15) is 0 Å². The van der Waals surface area contributed by atoms with Crippen LogP contribution in [-0.4, -0.2) is 35.0 Å². The molecule has 7 nitrogen and oxygen atoms in total. The summed E-state index contributed by atoms with van der Waals surface area (Å²) < 4.78 is 5.28. The standard InChI is InChI=1S/C26H25N3O4/c30-25-23(21-14-18(26(31)32)6-9-22(21)28-25)24(19-10-13-33-16-19)27-20-7-4-17(5-8-20)15-29-11-2-1-3-12-29/h4-10,13-14,16,27H,1-3,11-12,15H2,(H,28,30)(H,31,32). The average molecular weight is 444 g/mol. The summed E-state index contributed by atoms with van der Waals surface area (Å²) in [6.07, 6.45) is 6.94. The lowest BCUT2D eigenvalue weighted by Crippen LogP contribution is -2.29. The van der Waals surface area contributed by atoms with Crippen molar-refractivity contribution in [2.24, 2.45) is 0 Å². The van der Waals surface area contributed by atoms with Gasteiger partial charge < -0.3 is 20.2 Å². The number of aromatic carboxylic acids is 1. The molecule has 5 rings (SSSR count). The number of hydrogen-bond acceptors (Lipinski definition) is 5. The Balaban J connectivity index is 1.48. The van der Waals surface area contributed by atoms with Gasteiger partial charge in [-0.1, -0.05) is 18.6 Å². The SMILES string of the molecule is O=C1Nc2ccc(C(=O)O)cc2C1=C(Nc1ccc(CN2CCCCC2)cc1)c1ccoc1. The van der Waals surface area contributed by atoms with Gasteiger partial charge in [0.15, 0.2) is 0 Å². The van der Waals surface area contributed by atoms with Gasteiger partial charge >= 0.3 is 5.97 Å². The van der Waals surface area contributed by atoms with E-state index in [0.717, 1.165) is 25.3 Å². The smallest absolute Gasteiger partial charge is 0.335 e. The molecule has 3 aromatic rings. The Bertz CT molecular complexity index is 1210. The molecule has 0 aliphatic carbocycles. The van der Waals surface area contributed by atoms with Crippen molar-refractivity contribution >= 4 is 34.5 Å². The summed E-state index contributed by atoms with van der Waals surface area (Å²) in [6, 6.07) is 14.6. The van der Waals surface area contributed by atoms with E-state index in [4.69, 9.17) is 4.42 Å². The maximum absolute atomic E-state index is 12.9. The predicted molar refractivity (Wildman–Crippen MR) is 127 cm³/mol. The van der Waals surface area contributed by atoms with Crippen molar-refractivity contribution in [1.82, 2.24) is 4.90 Å². The van der Waals surface area contributed by atoms with E-state index >= 15 is 0 Å². The summed E-state index contributed by atoms with van der Waals surface area (Å²) in [5, 5.41) is 15.6. The third kappa shape index (κ3) is 4.40. The van der Waals surface area contributed by atoms with Crippen LogP contribution in [0.4, 0.5) is 11.4 Å². The maximum atomic E-state index is 12.9. The molecule has 1 fully saturated rings. The van der Waals surface area contributed by atoms with E-state index in [1.807, 2.05) is 12.1 Å². The number of nitrogens with zero attached hydrogens (tertiary/aromatic N) is 1. The Hall–Kier alpha value is -3.84. The second-order valence-electron chi connectivity index (χ2n) is 8.44. The molecule has 1 aromatic heterocycles. The number of benzene rings is 2. The number of carboxylic acid groups (broad SMARTS) is 1. The Kier molecular flexibility index (Phi) is 5.71. The zero-order valence-corrected chi connectivity index (χ0v) is 18.1. The van der Waals surface area contributed by atoms with Crippen LogP contribution < -0.4 is 10.6 Å². The highest BCUT2D eigenvalue weighted by molar-refractivity contribution is 6.37. The summed E-state index contributed by atoms with van der Waals surface area (Å²) in [6.45, 7) is 3.22. The fourth-order valence-electron chi connectivity index (χ4n) is 4.45. The van der Waals surface area contributed by atoms with Gasteiger partial charge in [0, 0.05) is 29.0 Å². The van der Waals surface area contributed by atoms with Crippen LogP contribution >= 0.6 is 0 Å². The van der Waals surface area contributed by atoms with Crippen LogP contribution in [0, 0.1) is 0 Å². The summed E-state index contributed by atoms with van der Waals surface area (Å²) in [7, 11) is 0. The number of likely N-dealkylation sites (tertiary alicyclic amines) is 1. The molecule has 2 aliphatic rings. The summed E-state index contributed by atoms with van der Waals surface area (Å²) in [4.78, 5) is 26.9. The van der Waals surface area contributed by atoms with Crippen LogP contribution in [-0.2, 0) is 11.3 Å². The monoisotopic (exact) mass is 443 g/mol. The molecule has 3 N–H and O–H groups in total. The first kappa shape index (κ1) is 21.0. The lowest BCUT2D eigenvalue weighted by molar-refractivity contribution is -0.110. The van der Waals surface area contributed by atoms with E-state index in [2.05, 4.69) is 27.7 Å². The molecule has 168 valence electrons. The molecule has 1 amide bonds. The third-order valence-corrected chi connectivity index (χ3v) is 6.15. The van der Waals surface area contributed by atoms with E-state index in [1.54, 1.807) is 24.7 Å². The normalized spacial score (nSPS) is 17.4. The van der Waals surface area contributed by atoms with Crippen molar-refractivity contribution < 1.29 is 19.1 Å². The van der Waals surface area contributed by atoms with E-state index in [-0.39, 0.29) is 11.5 Å². The molecule has 1 saturated heterocycles. The molecule has 7 heteroatoms. The fourth-order valence-corrected chi connectivity index (χ4v) is 4.45. The number of carbonyl (C=O) groups excluding carboxylic acids is 1. The minimum absolute atomic E-state index is 0.122. The number of nitrogens with one attached hydrogen (secondary N) is 2. The van der Waals surface area contributed by atoms with Gasteiger partial charge in [0.25, 0.3) is 5.91 Å². The average Bonchev–Trinajstić information content (AvgIpc) is 3.46. The summed E-state index contributed by atoms with van der Waals surface area (Å²) >= 11 is 0. The van der Waals surface area contributed by atoms with Gasteiger partial charge in [-0.25, -0.2) is 4.79 Å². The fraction of sp³-hybridized carbons (Fsp3) is 0.231. The third-order valence-electron chi connectivity index (χ3n) is 6.15. The van der Waals surface area contributed by atoms with Crippen molar-refractivity contribution in [2.75, 3.05) is 23.7 Å². The van der Waals surface area contributed by atoms with Gasteiger partial charge in [0.1, 0.15) is 0 Å². The van der Waals surface area contributed by atoms with Crippen LogP contribution in [0.5, 0.6) is 0 Å². The molecule has 0 saturated carbocycles. The second kappa shape index (κ2) is 8.96. The highest BCUT2D eigenvalue weighted by Gasteiger charge is 2.29. The number of hydrogen-bond donors (Lipinski definition) is 3. The topological polar surface area (TPSA) is 94.8 Å². The minimum atomic E-state index is -1.04. The van der Waals surface area contributed by atoms with Gasteiger partial charge in [-0.05, 0) is 67.9 Å². The lowest BCUT2D eigenvalue weighted by atomic mass is 9.99. The maximum Gasteiger partial charge on any atom is 0.335 e. The first-order valence-corrected chi connectivity index (χ1v) is 11.1. The summed E-state index contributed by atoms with van der Waals surface area (Å²) in [5.74, 6) is -1.34.